The van der Waals surface area contributed by atoms with E-state index in [9.17, 15) is 15.0 Å². The maximum atomic E-state index is 13.1. The number of esters is 1. The molecule has 1 fully saturated rings. The summed E-state index contributed by atoms with van der Waals surface area (Å²) in [6.07, 6.45) is -0.625. The molecule has 2 N–H and O–H groups in total. The fraction of sp³-hybridized carbons (Fsp3) is 0.480. The number of ether oxygens (including phenoxy) is 6. The molecule has 5 atom stereocenters. The molecule has 0 aromatic heterocycles. The Hall–Kier alpha value is -3.17. The van der Waals surface area contributed by atoms with Crippen LogP contribution in [-0.4, -0.2) is 63.6 Å². The van der Waals surface area contributed by atoms with Gasteiger partial charge in [0.2, 0.25) is 12.5 Å². The van der Waals surface area contributed by atoms with Crippen molar-refractivity contribution in [3.05, 3.63) is 41.0 Å². The van der Waals surface area contributed by atoms with Crippen LogP contribution in [-0.2, 0) is 9.53 Å². The summed E-state index contributed by atoms with van der Waals surface area (Å²) in [6.45, 7) is -0.00803. The fourth-order valence-corrected chi connectivity index (χ4v) is 5.63. The molecule has 0 radical (unpaired) electrons. The first-order chi connectivity index (χ1) is 16.5. The number of fused-ring (bicyclic) bond motifs is 3. The molecule has 9 nitrogen and oxygen atoms in total. The molecule has 34 heavy (non-hydrogen) atoms. The zero-order chi connectivity index (χ0) is 24.0. The normalized spacial score (nSPS) is 25.3. The number of cyclic esters (lactones) is 1. The van der Waals surface area contributed by atoms with Crippen molar-refractivity contribution in [1.29, 1.82) is 0 Å². The molecule has 0 amide bonds. The lowest BCUT2D eigenvalue weighted by molar-refractivity contribution is -0.141. The van der Waals surface area contributed by atoms with Gasteiger partial charge in [-0.2, -0.15) is 0 Å². The number of carbonyl (C=O) groups is 1. The van der Waals surface area contributed by atoms with E-state index in [1.54, 1.807) is 14.2 Å². The second-order valence-electron chi connectivity index (χ2n) is 8.77. The smallest absolute Gasteiger partial charge is 0.310 e. The van der Waals surface area contributed by atoms with Crippen LogP contribution < -0.4 is 23.7 Å². The van der Waals surface area contributed by atoms with Crippen molar-refractivity contribution < 1.29 is 43.4 Å². The fourth-order valence-electron chi connectivity index (χ4n) is 5.63. The predicted octanol–water partition coefficient (Wildman–Crippen LogP) is 2.20. The lowest BCUT2D eigenvalue weighted by Gasteiger charge is -2.40. The molecule has 2 aromatic rings. The SMILES string of the molecule is COc1cc([C@@H]2c3cc4c(cc3[C@@H](CC(O)CO)C3COC(=O)[C@@H]32)OCO4)cc(OC)c1OC. The summed E-state index contributed by atoms with van der Waals surface area (Å²) >= 11 is 0. The van der Waals surface area contributed by atoms with Crippen molar-refractivity contribution in [3.8, 4) is 28.7 Å². The summed E-state index contributed by atoms with van der Waals surface area (Å²) in [5.74, 6) is 1.09. The molecule has 2 heterocycles. The van der Waals surface area contributed by atoms with Crippen LogP contribution in [0.15, 0.2) is 24.3 Å². The molecule has 0 spiro atoms. The molecule has 1 aliphatic carbocycles. The van der Waals surface area contributed by atoms with Crippen LogP contribution in [0.1, 0.15) is 34.9 Å². The largest absolute Gasteiger partial charge is 0.493 e. The first kappa shape index (κ1) is 22.6. The maximum Gasteiger partial charge on any atom is 0.310 e. The van der Waals surface area contributed by atoms with E-state index in [0.29, 0.717) is 35.2 Å². The summed E-state index contributed by atoms with van der Waals surface area (Å²) in [7, 11) is 4.64. The van der Waals surface area contributed by atoms with Crippen LogP contribution in [0.2, 0.25) is 0 Å². The molecule has 2 unspecified atom stereocenters. The number of aliphatic hydroxyl groups is 2. The first-order valence-electron chi connectivity index (χ1n) is 11.2. The van der Waals surface area contributed by atoms with Gasteiger partial charge >= 0.3 is 5.97 Å². The van der Waals surface area contributed by atoms with E-state index in [0.717, 1.165) is 16.7 Å². The second kappa shape index (κ2) is 8.88. The highest BCUT2D eigenvalue weighted by molar-refractivity contribution is 5.79. The van der Waals surface area contributed by atoms with Gasteiger partial charge < -0.3 is 38.6 Å². The van der Waals surface area contributed by atoms with Gasteiger partial charge in [-0.05, 0) is 53.3 Å². The van der Waals surface area contributed by atoms with E-state index >= 15 is 0 Å². The van der Waals surface area contributed by atoms with Crippen LogP contribution in [0.3, 0.4) is 0 Å². The molecule has 1 saturated heterocycles. The van der Waals surface area contributed by atoms with Crippen molar-refractivity contribution in [1.82, 2.24) is 0 Å². The van der Waals surface area contributed by atoms with Crippen molar-refractivity contribution in [2.45, 2.75) is 24.4 Å². The van der Waals surface area contributed by atoms with Gasteiger partial charge in [-0.3, -0.25) is 4.79 Å². The lowest BCUT2D eigenvalue weighted by atomic mass is 9.61. The maximum absolute atomic E-state index is 13.1. The Morgan fingerprint density at radius 2 is 1.62 bits per heavy atom. The Balaban J connectivity index is 1.73. The molecule has 182 valence electrons. The topological polar surface area (TPSA) is 113 Å². The van der Waals surface area contributed by atoms with E-state index in [1.807, 2.05) is 24.3 Å². The van der Waals surface area contributed by atoms with Gasteiger partial charge in [0.25, 0.3) is 0 Å². The van der Waals surface area contributed by atoms with Gasteiger partial charge in [0, 0.05) is 11.8 Å². The minimum atomic E-state index is -0.919. The molecular weight excluding hydrogens is 444 g/mol. The predicted molar refractivity (Wildman–Crippen MR) is 119 cm³/mol. The van der Waals surface area contributed by atoms with Gasteiger partial charge in [-0.1, -0.05) is 0 Å². The van der Waals surface area contributed by atoms with Crippen LogP contribution in [0.25, 0.3) is 0 Å². The van der Waals surface area contributed by atoms with Crippen molar-refractivity contribution >= 4 is 5.97 Å². The Bertz CT molecular complexity index is 1070. The molecule has 0 saturated carbocycles. The number of benzene rings is 2. The van der Waals surface area contributed by atoms with Crippen molar-refractivity contribution in [3.63, 3.8) is 0 Å². The molecule has 2 aliphatic heterocycles. The van der Waals surface area contributed by atoms with Crippen LogP contribution >= 0.6 is 0 Å². The monoisotopic (exact) mass is 472 g/mol. The third-order valence-electron chi connectivity index (χ3n) is 7.12. The third-order valence-corrected chi connectivity index (χ3v) is 7.12. The van der Waals surface area contributed by atoms with E-state index in [4.69, 9.17) is 28.4 Å². The first-order valence-corrected chi connectivity index (χ1v) is 11.2. The van der Waals surface area contributed by atoms with Crippen LogP contribution in [0.4, 0.5) is 0 Å². The Labute approximate surface area is 197 Å². The van der Waals surface area contributed by atoms with E-state index in [1.165, 1.54) is 7.11 Å². The molecule has 5 rings (SSSR count). The highest BCUT2D eigenvalue weighted by Gasteiger charge is 2.52. The number of carbonyl (C=O) groups excluding carboxylic acids is 1. The minimum absolute atomic E-state index is 0.117. The van der Waals surface area contributed by atoms with E-state index in [2.05, 4.69) is 0 Å². The van der Waals surface area contributed by atoms with Gasteiger partial charge in [-0.25, -0.2) is 0 Å². The molecular formula is C25H28O9. The van der Waals surface area contributed by atoms with Crippen molar-refractivity contribution in [2.24, 2.45) is 11.8 Å². The Morgan fingerprint density at radius 3 is 2.21 bits per heavy atom. The number of methoxy groups -OCH3 is 3. The number of hydrogen-bond donors (Lipinski definition) is 2. The zero-order valence-electron chi connectivity index (χ0n) is 19.3. The molecule has 0 bridgehead atoms. The Kier molecular flexibility index (Phi) is 5.91. The number of rotatable bonds is 7. The zero-order valence-corrected chi connectivity index (χ0v) is 19.3. The van der Waals surface area contributed by atoms with Gasteiger partial charge in [-0.15, -0.1) is 0 Å². The molecule has 9 heteroatoms. The quantitative estimate of drug-likeness (QED) is 0.586. The summed E-state index contributed by atoms with van der Waals surface area (Å²) < 4.78 is 33.5. The van der Waals surface area contributed by atoms with Crippen molar-refractivity contribution in [2.75, 3.05) is 41.3 Å². The Morgan fingerprint density at radius 1 is 0.971 bits per heavy atom. The minimum Gasteiger partial charge on any atom is -0.493 e. The summed E-state index contributed by atoms with van der Waals surface area (Å²) in [4.78, 5) is 13.1. The second-order valence-corrected chi connectivity index (χ2v) is 8.77. The molecule has 2 aromatic carbocycles. The lowest BCUT2D eigenvalue weighted by Crippen LogP contribution is -2.36. The van der Waals surface area contributed by atoms with Gasteiger partial charge in [0.1, 0.15) is 0 Å². The summed E-state index contributed by atoms with van der Waals surface area (Å²) in [6, 6.07) is 7.54. The average molecular weight is 472 g/mol. The third kappa shape index (κ3) is 3.50. The van der Waals surface area contributed by atoms with Gasteiger partial charge in [0.05, 0.1) is 46.6 Å². The highest BCUT2D eigenvalue weighted by atomic mass is 16.7. The summed E-state index contributed by atoms with van der Waals surface area (Å²) in [5.41, 5.74) is 2.63. The standard InChI is InChI=1S/C25H28O9/c1-29-20-4-12(5-21(30-2)24(20)31-3)22-16-8-19-18(33-11-34-19)7-15(16)14(6-13(27)9-26)17-10-32-25(28)23(17)22/h4-5,7-8,13-14,17,22-23,26-27H,6,9-11H2,1-3H3/t13?,14-,17?,22-,23+/m1/s1. The van der Waals surface area contributed by atoms with E-state index < -0.39 is 12.0 Å². The van der Waals surface area contributed by atoms with Gasteiger partial charge in [0.15, 0.2) is 23.0 Å². The summed E-state index contributed by atoms with van der Waals surface area (Å²) in [5, 5.41) is 19.8. The highest BCUT2D eigenvalue weighted by Crippen LogP contribution is 2.57. The number of hydrogen-bond acceptors (Lipinski definition) is 9. The van der Waals surface area contributed by atoms with Crippen LogP contribution in [0.5, 0.6) is 28.7 Å². The van der Waals surface area contributed by atoms with Crippen LogP contribution in [0, 0.1) is 11.8 Å². The molecule has 3 aliphatic rings. The van der Waals surface area contributed by atoms with E-state index in [-0.39, 0.29) is 43.7 Å². The number of aliphatic hydroxyl groups excluding tert-OH is 2. The average Bonchev–Trinajstić information content (AvgIpc) is 3.48.